The van der Waals surface area contributed by atoms with Gasteiger partial charge in [0.2, 0.25) is 16.0 Å². The molecule has 1 aromatic heterocycles. The van der Waals surface area contributed by atoms with E-state index in [0.717, 1.165) is 0 Å². The number of anilines is 4. The van der Waals surface area contributed by atoms with Gasteiger partial charge in [0.1, 0.15) is 22.2 Å². The van der Waals surface area contributed by atoms with E-state index >= 15 is 0 Å². The number of aromatic nitrogens is 2. The van der Waals surface area contributed by atoms with Gasteiger partial charge in [-0.1, -0.05) is 19.1 Å². The fourth-order valence-electron chi connectivity index (χ4n) is 2.79. The lowest BCUT2D eigenvalue weighted by Crippen LogP contribution is -2.25. The molecule has 0 radical (unpaired) electrons. The minimum Gasteiger partial charge on any atom is -0.497 e. The van der Waals surface area contributed by atoms with Crippen molar-refractivity contribution in [3.8, 4) is 11.5 Å². The summed E-state index contributed by atoms with van der Waals surface area (Å²) in [5, 5.41) is 6.19. The molecule has 3 aromatic rings. The van der Waals surface area contributed by atoms with Gasteiger partial charge >= 0.3 is 0 Å². The highest BCUT2D eigenvalue weighted by molar-refractivity contribution is 9.10. The highest BCUT2D eigenvalue weighted by atomic mass is 79.9. The summed E-state index contributed by atoms with van der Waals surface area (Å²) in [6.07, 6.45) is 2.26. The topological polar surface area (TPSA) is 114 Å². The Balaban J connectivity index is 1.92. The molecule has 3 rings (SSSR count). The van der Waals surface area contributed by atoms with Crippen LogP contribution in [0.15, 0.2) is 58.0 Å². The molecule has 0 amide bonds. The fraction of sp³-hybridized carbons (Fsp3) is 0.238. The Kier molecular flexibility index (Phi) is 7.89. The maximum Gasteiger partial charge on any atom is 0.242 e. The molecule has 0 aliphatic heterocycles. The van der Waals surface area contributed by atoms with E-state index in [-0.39, 0.29) is 10.8 Å². The van der Waals surface area contributed by atoms with Crippen LogP contribution in [0, 0.1) is 0 Å². The Morgan fingerprint density at radius 2 is 1.81 bits per heavy atom. The molecule has 2 aromatic carbocycles. The Morgan fingerprint density at radius 3 is 2.53 bits per heavy atom. The van der Waals surface area contributed by atoms with Crippen LogP contribution < -0.4 is 24.8 Å². The Labute approximate surface area is 195 Å². The number of rotatable bonds is 10. The molecule has 3 N–H and O–H groups in total. The molecule has 0 atom stereocenters. The van der Waals surface area contributed by atoms with E-state index in [1.807, 2.05) is 6.92 Å². The number of para-hydroxylation sites is 1. The number of sulfonamides is 1. The highest BCUT2D eigenvalue weighted by Gasteiger charge is 2.19. The van der Waals surface area contributed by atoms with E-state index in [1.54, 1.807) is 56.8 Å². The van der Waals surface area contributed by atoms with Gasteiger partial charge in [0.05, 0.1) is 30.1 Å². The number of ether oxygens (including phenoxy) is 2. The van der Waals surface area contributed by atoms with Crippen LogP contribution in [0.4, 0.5) is 23.1 Å². The Bertz CT molecular complexity index is 1190. The minimum atomic E-state index is -3.68. The van der Waals surface area contributed by atoms with Crippen molar-refractivity contribution in [3.05, 3.63) is 53.1 Å². The fourth-order valence-corrected chi connectivity index (χ4v) is 4.38. The molecule has 0 fully saturated rings. The van der Waals surface area contributed by atoms with Crippen LogP contribution in [0.25, 0.3) is 0 Å². The molecule has 170 valence electrons. The first-order chi connectivity index (χ1) is 15.4. The molecule has 9 nitrogen and oxygen atoms in total. The summed E-state index contributed by atoms with van der Waals surface area (Å²) >= 11 is 3.42. The summed E-state index contributed by atoms with van der Waals surface area (Å²) in [5.74, 6) is 1.90. The molecule has 0 bridgehead atoms. The third-order valence-electron chi connectivity index (χ3n) is 4.37. The third-order valence-corrected chi connectivity index (χ3v) is 6.47. The molecule has 0 aliphatic rings. The van der Waals surface area contributed by atoms with Gasteiger partial charge in [-0.3, -0.25) is 0 Å². The zero-order chi connectivity index (χ0) is 23.1. The van der Waals surface area contributed by atoms with Gasteiger partial charge in [-0.2, -0.15) is 4.98 Å². The van der Waals surface area contributed by atoms with Crippen LogP contribution in [0.2, 0.25) is 0 Å². The number of hydrogen-bond acceptors (Lipinski definition) is 8. The molecule has 32 heavy (non-hydrogen) atoms. The zero-order valence-electron chi connectivity index (χ0n) is 17.8. The monoisotopic (exact) mass is 521 g/mol. The Morgan fingerprint density at radius 1 is 1.03 bits per heavy atom. The number of nitrogens with zero attached hydrogens (tertiary/aromatic N) is 2. The van der Waals surface area contributed by atoms with Gasteiger partial charge in [-0.25, -0.2) is 18.1 Å². The van der Waals surface area contributed by atoms with Crippen LogP contribution in [0.1, 0.15) is 13.3 Å². The second-order valence-corrected chi connectivity index (χ2v) is 9.19. The van der Waals surface area contributed by atoms with Gasteiger partial charge in [-0.05, 0) is 46.6 Å². The van der Waals surface area contributed by atoms with Crippen molar-refractivity contribution in [1.29, 1.82) is 0 Å². The van der Waals surface area contributed by atoms with Gasteiger partial charge in [-0.15, -0.1) is 0 Å². The zero-order valence-corrected chi connectivity index (χ0v) is 20.2. The molecule has 11 heteroatoms. The van der Waals surface area contributed by atoms with Crippen molar-refractivity contribution in [3.63, 3.8) is 0 Å². The van der Waals surface area contributed by atoms with Crippen molar-refractivity contribution in [2.24, 2.45) is 0 Å². The molecule has 0 unspecified atom stereocenters. The largest absolute Gasteiger partial charge is 0.497 e. The lowest BCUT2D eigenvalue weighted by atomic mass is 10.2. The van der Waals surface area contributed by atoms with E-state index < -0.39 is 10.0 Å². The van der Waals surface area contributed by atoms with Gasteiger partial charge < -0.3 is 20.1 Å². The first kappa shape index (κ1) is 23.8. The number of nitrogens with one attached hydrogen (secondary N) is 3. The van der Waals surface area contributed by atoms with Crippen molar-refractivity contribution in [2.75, 3.05) is 31.4 Å². The van der Waals surface area contributed by atoms with Crippen molar-refractivity contribution in [1.82, 2.24) is 14.7 Å². The summed E-state index contributed by atoms with van der Waals surface area (Å²) in [5.41, 5.74) is 1.01. The van der Waals surface area contributed by atoms with Crippen LogP contribution in [-0.2, 0) is 10.0 Å². The quantitative estimate of drug-likeness (QED) is 0.358. The van der Waals surface area contributed by atoms with Crippen molar-refractivity contribution >= 4 is 49.1 Å². The predicted octanol–water partition coefficient (Wildman–Crippen LogP) is 4.43. The predicted molar refractivity (Wildman–Crippen MR) is 128 cm³/mol. The van der Waals surface area contributed by atoms with E-state index in [4.69, 9.17) is 9.47 Å². The second kappa shape index (κ2) is 10.6. The third kappa shape index (κ3) is 5.67. The maximum absolute atomic E-state index is 12.7. The molecular formula is C21H24BrN5O4S. The minimum absolute atomic E-state index is 0.128. The average molecular weight is 522 g/mol. The van der Waals surface area contributed by atoms with Gasteiger partial charge in [0, 0.05) is 18.8 Å². The standard InChI is InChI=1S/C21H24BrN5O4S/c1-4-11-24-32(28,29)19-8-6-5-7-16(19)25-20-15(22)13-23-21(27-20)26-17-12-14(30-2)9-10-18(17)31-3/h5-10,12-13,24H,4,11H2,1-3H3,(H2,23,25,26,27). The van der Waals surface area contributed by atoms with Gasteiger partial charge in [0.25, 0.3) is 0 Å². The molecule has 1 heterocycles. The van der Waals surface area contributed by atoms with E-state index in [9.17, 15) is 8.42 Å². The number of hydrogen-bond donors (Lipinski definition) is 3. The van der Waals surface area contributed by atoms with Gasteiger partial charge in [0.15, 0.2) is 0 Å². The SMILES string of the molecule is CCCNS(=O)(=O)c1ccccc1Nc1nc(Nc2cc(OC)ccc2OC)ncc1Br. The molecular weight excluding hydrogens is 498 g/mol. The normalized spacial score (nSPS) is 11.1. The van der Waals surface area contributed by atoms with Crippen LogP contribution in [-0.4, -0.2) is 39.2 Å². The summed E-state index contributed by atoms with van der Waals surface area (Å²) in [6, 6.07) is 11.9. The van der Waals surface area contributed by atoms with E-state index in [0.29, 0.717) is 46.1 Å². The number of halogens is 1. The second-order valence-electron chi connectivity index (χ2n) is 6.60. The summed E-state index contributed by atoms with van der Waals surface area (Å²) in [4.78, 5) is 8.90. The van der Waals surface area contributed by atoms with Crippen LogP contribution >= 0.6 is 15.9 Å². The first-order valence-electron chi connectivity index (χ1n) is 9.75. The van der Waals surface area contributed by atoms with Crippen LogP contribution in [0.5, 0.6) is 11.5 Å². The lowest BCUT2D eigenvalue weighted by molar-refractivity contribution is 0.405. The number of methoxy groups -OCH3 is 2. The Hall–Kier alpha value is -2.89. The lowest BCUT2D eigenvalue weighted by Gasteiger charge is -2.15. The molecule has 0 saturated heterocycles. The van der Waals surface area contributed by atoms with Crippen LogP contribution in [0.3, 0.4) is 0 Å². The summed E-state index contributed by atoms with van der Waals surface area (Å²) in [6.45, 7) is 2.25. The molecule has 0 aliphatic carbocycles. The van der Waals surface area contributed by atoms with E-state index in [1.165, 1.54) is 6.07 Å². The average Bonchev–Trinajstić information content (AvgIpc) is 2.80. The highest BCUT2D eigenvalue weighted by Crippen LogP contribution is 2.32. The first-order valence-corrected chi connectivity index (χ1v) is 12.0. The van der Waals surface area contributed by atoms with Crippen molar-refractivity contribution < 1.29 is 17.9 Å². The molecule has 0 spiro atoms. The number of benzene rings is 2. The smallest absolute Gasteiger partial charge is 0.242 e. The summed E-state index contributed by atoms with van der Waals surface area (Å²) in [7, 11) is -0.543. The summed E-state index contributed by atoms with van der Waals surface area (Å²) < 4.78 is 39.2. The molecule has 0 saturated carbocycles. The van der Waals surface area contributed by atoms with Crippen molar-refractivity contribution in [2.45, 2.75) is 18.2 Å². The maximum atomic E-state index is 12.7. The van der Waals surface area contributed by atoms with E-state index in [2.05, 4.69) is 41.3 Å².